The predicted molar refractivity (Wildman–Crippen MR) is 74.4 cm³/mol. The van der Waals surface area contributed by atoms with E-state index in [-0.39, 0.29) is 11.9 Å². The van der Waals surface area contributed by atoms with Crippen LogP contribution in [0.15, 0.2) is 29.0 Å². The van der Waals surface area contributed by atoms with Gasteiger partial charge in [0.05, 0.1) is 12.5 Å². The maximum Gasteiger partial charge on any atom is 0.270 e. The van der Waals surface area contributed by atoms with E-state index < -0.39 is 0 Å². The highest BCUT2D eigenvalue weighted by atomic mass is 16.3. The van der Waals surface area contributed by atoms with E-state index in [0.717, 1.165) is 11.9 Å². The van der Waals surface area contributed by atoms with E-state index in [1.54, 1.807) is 18.5 Å². The van der Waals surface area contributed by atoms with Gasteiger partial charge in [-0.25, -0.2) is 4.98 Å². The van der Waals surface area contributed by atoms with Crippen molar-refractivity contribution >= 4 is 16.9 Å². The summed E-state index contributed by atoms with van der Waals surface area (Å²) in [5.41, 5.74) is 1.18. The van der Waals surface area contributed by atoms with Crippen LogP contribution in [-0.4, -0.2) is 41.5 Å². The monoisotopic (exact) mass is 271 g/mol. The molecule has 3 saturated heterocycles. The van der Waals surface area contributed by atoms with Gasteiger partial charge in [-0.2, -0.15) is 0 Å². The topological polar surface area (TPSA) is 58.4 Å². The number of amides is 1. The molecule has 0 spiro atoms. The van der Waals surface area contributed by atoms with E-state index in [9.17, 15) is 4.79 Å². The highest BCUT2D eigenvalue weighted by molar-refractivity contribution is 5.95. The zero-order valence-electron chi connectivity index (χ0n) is 11.2. The maximum absolute atomic E-state index is 12.3. The second-order valence-corrected chi connectivity index (χ2v) is 5.75. The number of pyridine rings is 1. The van der Waals surface area contributed by atoms with Crippen LogP contribution in [0.3, 0.4) is 0 Å². The Morgan fingerprint density at radius 2 is 2.25 bits per heavy atom. The molecule has 104 valence electrons. The number of furan rings is 1. The number of carbonyl (C=O) groups excluding carboxylic acids is 1. The van der Waals surface area contributed by atoms with Crippen LogP contribution in [0.4, 0.5) is 0 Å². The van der Waals surface area contributed by atoms with E-state index in [1.807, 2.05) is 6.07 Å². The Labute approximate surface area is 117 Å². The largest absolute Gasteiger partial charge is 0.463 e. The van der Waals surface area contributed by atoms with Crippen LogP contribution in [0.2, 0.25) is 0 Å². The number of carbonyl (C=O) groups is 1. The number of nitrogens with zero attached hydrogens (tertiary/aromatic N) is 2. The fourth-order valence-electron chi connectivity index (χ4n) is 3.36. The molecule has 2 bridgehead atoms. The van der Waals surface area contributed by atoms with Crippen molar-refractivity contribution in [3.05, 3.63) is 30.3 Å². The molecule has 5 nitrogen and oxygen atoms in total. The first-order valence-corrected chi connectivity index (χ1v) is 7.16. The van der Waals surface area contributed by atoms with Gasteiger partial charge in [0.15, 0.2) is 5.58 Å². The van der Waals surface area contributed by atoms with Crippen molar-refractivity contribution in [2.45, 2.75) is 18.9 Å². The van der Waals surface area contributed by atoms with Crippen molar-refractivity contribution in [1.82, 2.24) is 15.2 Å². The molecular weight excluding hydrogens is 254 g/mol. The van der Waals surface area contributed by atoms with Crippen LogP contribution in [0.1, 0.15) is 23.3 Å². The SMILES string of the molecule is O=C(N[C@@H]1CN2CCC1CC2)c1cc2ccoc2cn1. The van der Waals surface area contributed by atoms with Gasteiger partial charge in [-0.15, -0.1) is 0 Å². The molecule has 2 aromatic rings. The van der Waals surface area contributed by atoms with Gasteiger partial charge in [0, 0.05) is 18.0 Å². The van der Waals surface area contributed by atoms with Gasteiger partial charge >= 0.3 is 0 Å². The van der Waals surface area contributed by atoms with Crippen molar-refractivity contribution in [3.8, 4) is 0 Å². The van der Waals surface area contributed by atoms with Crippen molar-refractivity contribution in [2.24, 2.45) is 5.92 Å². The average Bonchev–Trinajstić information content (AvgIpc) is 2.96. The maximum atomic E-state index is 12.3. The molecule has 1 amide bonds. The number of aromatic nitrogens is 1. The summed E-state index contributed by atoms with van der Waals surface area (Å²) in [5, 5.41) is 4.07. The molecule has 0 saturated carbocycles. The van der Waals surface area contributed by atoms with Crippen molar-refractivity contribution in [2.75, 3.05) is 19.6 Å². The van der Waals surface area contributed by atoms with Crippen LogP contribution >= 0.6 is 0 Å². The number of hydrogen-bond acceptors (Lipinski definition) is 4. The molecule has 0 unspecified atom stereocenters. The number of rotatable bonds is 2. The Balaban J connectivity index is 1.52. The molecule has 5 heterocycles. The van der Waals surface area contributed by atoms with E-state index in [2.05, 4.69) is 15.2 Å². The first kappa shape index (κ1) is 11.9. The van der Waals surface area contributed by atoms with Crippen LogP contribution in [-0.2, 0) is 0 Å². The summed E-state index contributed by atoms with van der Waals surface area (Å²) in [6, 6.07) is 3.91. The average molecular weight is 271 g/mol. The zero-order valence-corrected chi connectivity index (χ0v) is 11.2. The quantitative estimate of drug-likeness (QED) is 0.902. The molecule has 3 aliphatic heterocycles. The summed E-state index contributed by atoms with van der Waals surface area (Å²) in [6.45, 7) is 3.33. The lowest BCUT2D eigenvalue weighted by Crippen LogP contribution is -2.57. The first-order valence-electron chi connectivity index (χ1n) is 7.16. The Hall–Kier alpha value is -1.88. The fraction of sp³-hybridized carbons (Fsp3) is 0.467. The number of nitrogens with one attached hydrogen (secondary N) is 1. The Morgan fingerprint density at radius 1 is 1.40 bits per heavy atom. The van der Waals surface area contributed by atoms with E-state index in [0.29, 0.717) is 17.2 Å². The minimum atomic E-state index is -0.0770. The van der Waals surface area contributed by atoms with Crippen LogP contribution in [0.5, 0.6) is 0 Å². The second-order valence-electron chi connectivity index (χ2n) is 5.75. The number of hydrogen-bond donors (Lipinski definition) is 1. The molecule has 20 heavy (non-hydrogen) atoms. The molecule has 1 atom stereocenters. The Kier molecular flexibility index (Phi) is 2.73. The van der Waals surface area contributed by atoms with Gasteiger partial charge in [-0.05, 0) is 44.0 Å². The second kappa shape index (κ2) is 4.59. The van der Waals surface area contributed by atoms with Gasteiger partial charge in [0.1, 0.15) is 5.69 Å². The summed E-state index contributed by atoms with van der Waals surface area (Å²) < 4.78 is 5.24. The zero-order chi connectivity index (χ0) is 13.5. The molecule has 5 rings (SSSR count). The third-order valence-corrected chi connectivity index (χ3v) is 4.55. The van der Waals surface area contributed by atoms with Gasteiger partial charge in [-0.3, -0.25) is 4.79 Å². The van der Waals surface area contributed by atoms with Crippen molar-refractivity contribution in [3.63, 3.8) is 0 Å². The molecule has 2 aromatic heterocycles. The molecule has 0 aliphatic carbocycles. The highest BCUT2D eigenvalue weighted by Crippen LogP contribution is 2.27. The number of piperidine rings is 3. The molecule has 5 heteroatoms. The van der Waals surface area contributed by atoms with E-state index in [1.165, 1.54) is 25.9 Å². The number of fused-ring (bicyclic) bond motifs is 4. The molecule has 3 aliphatic rings. The van der Waals surface area contributed by atoms with Crippen molar-refractivity contribution < 1.29 is 9.21 Å². The van der Waals surface area contributed by atoms with Crippen molar-refractivity contribution in [1.29, 1.82) is 0 Å². The third kappa shape index (κ3) is 1.98. The third-order valence-electron chi connectivity index (χ3n) is 4.55. The Bertz CT molecular complexity index is 643. The lowest BCUT2D eigenvalue weighted by Gasteiger charge is -2.44. The molecule has 0 radical (unpaired) electrons. The summed E-state index contributed by atoms with van der Waals surface area (Å²) in [7, 11) is 0. The molecule has 1 N–H and O–H groups in total. The standard InChI is InChI=1S/C15H17N3O2/c19-15(12-7-11-3-6-20-14(11)8-16-12)17-13-9-18-4-1-10(13)2-5-18/h3,6-8,10,13H,1-2,4-5,9H2,(H,17,19)/t13-/m1/s1. The van der Waals surface area contributed by atoms with Gasteiger partial charge < -0.3 is 14.6 Å². The molecule has 3 fully saturated rings. The molecular formula is C15H17N3O2. The lowest BCUT2D eigenvalue weighted by atomic mass is 9.84. The lowest BCUT2D eigenvalue weighted by molar-refractivity contribution is 0.0618. The predicted octanol–water partition coefficient (Wildman–Crippen LogP) is 1.65. The van der Waals surface area contributed by atoms with Crippen LogP contribution < -0.4 is 5.32 Å². The van der Waals surface area contributed by atoms with Gasteiger partial charge in [0.25, 0.3) is 5.91 Å². The first-order chi connectivity index (χ1) is 9.79. The summed E-state index contributed by atoms with van der Waals surface area (Å²) in [4.78, 5) is 18.9. The fourth-order valence-corrected chi connectivity index (χ4v) is 3.36. The van der Waals surface area contributed by atoms with E-state index in [4.69, 9.17) is 4.42 Å². The molecule has 0 aromatic carbocycles. The minimum Gasteiger partial charge on any atom is -0.463 e. The normalized spacial score (nSPS) is 28.7. The summed E-state index contributed by atoms with van der Waals surface area (Å²) in [5.74, 6) is 0.549. The smallest absolute Gasteiger partial charge is 0.270 e. The summed E-state index contributed by atoms with van der Waals surface area (Å²) >= 11 is 0. The van der Waals surface area contributed by atoms with Gasteiger partial charge in [-0.1, -0.05) is 0 Å². The minimum absolute atomic E-state index is 0.0770. The summed E-state index contributed by atoms with van der Waals surface area (Å²) in [6.07, 6.45) is 5.61. The Morgan fingerprint density at radius 3 is 3.00 bits per heavy atom. The van der Waals surface area contributed by atoms with Crippen LogP contribution in [0.25, 0.3) is 11.0 Å². The van der Waals surface area contributed by atoms with Crippen LogP contribution in [0, 0.1) is 5.92 Å². The van der Waals surface area contributed by atoms with E-state index >= 15 is 0 Å². The van der Waals surface area contributed by atoms with Gasteiger partial charge in [0.2, 0.25) is 0 Å². The highest BCUT2D eigenvalue weighted by Gasteiger charge is 2.35.